The van der Waals surface area contributed by atoms with E-state index < -0.39 is 18.1 Å². The molecule has 0 aromatic carbocycles. The standard InChI is InChI=1S/C6H9FO3/c7-5-1-2-10-3-4(5)6(8)9/h4-5H,1-3H2,(H,8,9)/t4-,5-/m1/s1. The zero-order valence-corrected chi connectivity index (χ0v) is 5.42. The number of carboxylic acid groups (broad SMARTS) is 1. The van der Waals surface area contributed by atoms with Gasteiger partial charge in [0.2, 0.25) is 0 Å². The molecule has 1 N–H and O–H groups in total. The minimum atomic E-state index is -1.23. The van der Waals surface area contributed by atoms with Crippen molar-refractivity contribution in [3.8, 4) is 0 Å². The normalized spacial score (nSPS) is 33.7. The Bertz CT molecular complexity index is 137. The summed E-state index contributed by atoms with van der Waals surface area (Å²) in [4.78, 5) is 10.2. The van der Waals surface area contributed by atoms with Crippen LogP contribution in [-0.4, -0.2) is 30.5 Å². The van der Waals surface area contributed by atoms with Crippen molar-refractivity contribution in [2.24, 2.45) is 5.92 Å². The summed E-state index contributed by atoms with van der Waals surface area (Å²) in [5, 5.41) is 8.39. The molecule has 0 saturated carbocycles. The summed E-state index contributed by atoms with van der Waals surface area (Å²) in [7, 11) is 0. The molecule has 0 bridgehead atoms. The zero-order valence-electron chi connectivity index (χ0n) is 5.42. The Morgan fingerprint density at radius 2 is 2.40 bits per heavy atom. The second-order valence-corrected chi connectivity index (χ2v) is 2.32. The number of hydrogen-bond donors (Lipinski definition) is 1. The summed E-state index contributed by atoms with van der Waals surface area (Å²) in [6.07, 6.45) is -1.03. The molecule has 0 aromatic rings. The van der Waals surface area contributed by atoms with Gasteiger partial charge in [0, 0.05) is 13.0 Å². The van der Waals surface area contributed by atoms with Gasteiger partial charge in [-0.25, -0.2) is 4.39 Å². The summed E-state index contributed by atoms with van der Waals surface area (Å²) >= 11 is 0. The van der Waals surface area contributed by atoms with Crippen molar-refractivity contribution in [3.63, 3.8) is 0 Å². The van der Waals surface area contributed by atoms with Crippen LogP contribution in [0.4, 0.5) is 4.39 Å². The van der Waals surface area contributed by atoms with Crippen LogP contribution in [0, 0.1) is 5.92 Å². The van der Waals surface area contributed by atoms with Gasteiger partial charge in [0.25, 0.3) is 0 Å². The van der Waals surface area contributed by atoms with E-state index in [1.54, 1.807) is 0 Å². The number of carbonyl (C=O) groups is 1. The third kappa shape index (κ3) is 1.44. The summed E-state index contributed by atoms with van der Waals surface area (Å²) in [6.45, 7) is 0.349. The van der Waals surface area contributed by atoms with Crippen LogP contribution in [0.25, 0.3) is 0 Å². The number of rotatable bonds is 1. The fraction of sp³-hybridized carbons (Fsp3) is 0.833. The van der Waals surface area contributed by atoms with Crippen LogP contribution in [0.5, 0.6) is 0 Å². The van der Waals surface area contributed by atoms with Crippen molar-refractivity contribution in [2.75, 3.05) is 13.2 Å². The highest BCUT2D eigenvalue weighted by atomic mass is 19.1. The summed E-state index contributed by atoms with van der Waals surface area (Å²) < 4.78 is 17.4. The summed E-state index contributed by atoms with van der Waals surface area (Å²) in [5.74, 6) is -2.05. The minimum absolute atomic E-state index is 0.0104. The number of hydrogen-bond acceptors (Lipinski definition) is 2. The lowest BCUT2D eigenvalue weighted by Crippen LogP contribution is -2.34. The quantitative estimate of drug-likeness (QED) is 0.587. The summed E-state index contributed by atoms with van der Waals surface area (Å²) in [5.41, 5.74) is 0. The van der Waals surface area contributed by atoms with Gasteiger partial charge < -0.3 is 9.84 Å². The predicted octanol–water partition coefficient (Wildman–Crippen LogP) is 0.446. The molecule has 1 heterocycles. The molecule has 0 aliphatic carbocycles. The molecule has 1 aliphatic heterocycles. The van der Waals surface area contributed by atoms with Crippen molar-refractivity contribution in [2.45, 2.75) is 12.6 Å². The highest BCUT2D eigenvalue weighted by Crippen LogP contribution is 2.17. The molecule has 3 nitrogen and oxygen atoms in total. The second-order valence-electron chi connectivity index (χ2n) is 2.32. The first kappa shape index (κ1) is 7.47. The Kier molecular flexibility index (Phi) is 2.21. The third-order valence-corrected chi connectivity index (χ3v) is 1.59. The van der Waals surface area contributed by atoms with Crippen LogP contribution in [0.15, 0.2) is 0 Å². The molecule has 1 saturated heterocycles. The van der Waals surface area contributed by atoms with Crippen LogP contribution in [0.1, 0.15) is 6.42 Å². The van der Waals surface area contributed by atoms with Crippen molar-refractivity contribution >= 4 is 5.97 Å². The fourth-order valence-electron chi connectivity index (χ4n) is 0.938. The van der Waals surface area contributed by atoms with Crippen molar-refractivity contribution in [1.29, 1.82) is 0 Å². The Balaban J connectivity index is 2.47. The number of ether oxygens (including phenoxy) is 1. The van der Waals surface area contributed by atoms with Crippen LogP contribution in [0.2, 0.25) is 0 Å². The molecule has 1 rings (SSSR count). The molecule has 1 fully saturated rings. The Morgan fingerprint density at radius 1 is 1.70 bits per heavy atom. The molecule has 0 aromatic heterocycles. The Morgan fingerprint density at radius 3 is 2.80 bits per heavy atom. The van der Waals surface area contributed by atoms with Crippen LogP contribution < -0.4 is 0 Å². The van der Waals surface area contributed by atoms with Crippen LogP contribution in [-0.2, 0) is 9.53 Å². The van der Waals surface area contributed by atoms with Gasteiger partial charge in [0.15, 0.2) is 0 Å². The average molecular weight is 148 g/mol. The first-order valence-electron chi connectivity index (χ1n) is 3.16. The van der Waals surface area contributed by atoms with Gasteiger partial charge in [-0.15, -0.1) is 0 Å². The van der Waals surface area contributed by atoms with Crippen molar-refractivity contribution < 1.29 is 19.0 Å². The van der Waals surface area contributed by atoms with Crippen molar-refractivity contribution in [3.05, 3.63) is 0 Å². The first-order valence-corrected chi connectivity index (χ1v) is 3.16. The molecule has 4 heteroatoms. The van der Waals surface area contributed by atoms with E-state index in [9.17, 15) is 9.18 Å². The molecule has 0 spiro atoms. The molecule has 0 unspecified atom stereocenters. The van der Waals surface area contributed by atoms with E-state index in [1.165, 1.54) is 0 Å². The maximum atomic E-state index is 12.6. The van der Waals surface area contributed by atoms with Gasteiger partial charge in [-0.3, -0.25) is 4.79 Å². The largest absolute Gasteiger partial charge is 0.481 e. The molecular weight excluding hydrogens is 139 g/mol. The molecular formula is C6H9FO3. The maximum absolute atomic E-state index is 12.6. The van der Waals surface area contributed by atoms with E-state index in [-0.39, 0.29) is 13.0 Å². The topological polar surface area (TPSA) is 46.5 Å². The lowest BCUT2D eigenvalue weighted by atomic mass is 10.0. The van der Waals surface area contributed by atoms with Gasteiger partial charge >= 0.3 is 5.97 Å². The number of halogens is 1. The fourth-order valence-corrected chi connectivity index (χ4v) is 0.938. The molecule has 10 heavy (non-hydrogen) atoms. The molecule has 58 valence electrons. The maximum Gasteiger partial charge on any atom is 0.311 e. The number of carboxylic acids is 1. The predicted molar refractivity (Wildman–Crippen MR) is 31.5 cm³/mol. The molecule has 1 aliphatic rings. The molecule has 0 amide bonds. The van der Waals surface area contributed by atoms with Gasteiger partial charge in [-0.2, -0.15) is 0 Å². The Labute approximate surface area is 57.8 Å². The van der Waals surface area contributed by atoms with Gasteiger partial charge in [-0.05, 0) is 0 Å². The lowest BCUT2D eigenvalue weighted by molar-refractivity contribution is -0.150. The SMILES string of the molecule is O=C(O)[C@@H]1COCC[C@H]1F. The third-order valence-electron chi connectivity index (χ3n) is 1.59. The number of alkyl halides is 1. The van der Waals surface area contributed by atoms with Crippen LogP contribution in [0.3, 0.4) is 0 Å². The average Bonchev–Trinajstić information content (AvgIpc) is 1.88. The van der Waals surface area contributed by atoms with Gasteiger partial charge in [0.1, 0.15) is 12.1 Å². The van der Waals surface area contributed by atoms with E-state index in [0.717, 1.165) is 0 Å². The lowest BCUT2D eigenvalue weighted by Gasteiger charge is -2.21. The first-order chi connectivity index (χ1) is 4.72. The highest BCUT2D eigenvalue weighted by molar-refractivity contribution is 5.70. The van der Waals surface area contributed by atoms with E-state index in [1.807, 2.05) is 0 Å². The summed E-state index contributed by atoms with van der Waals surface area (Å²) in [6, 6.07) is 0. The van der Waals surface area contributed by atoms with E-state index in [2.05, 4.69) is 0 Å². The van der Waals surface area contributed by atoms with Gasteiger partial charge in [0.05, 0.1) is 6.61 Å². The smallest absolute Gasteiger partial charge is 0.311 e. The van der Waals surface area contributed by atoms with E-state index in [4.69, 9.17) is 9.84 Å². The number of aliphatic carboxylic acids is 1. The second kappa shape index (κ2) is 2.96. The van der Waals surface area contributed by atoms with Crippen LogP contribution >= 0.6 is 0 Å². The van der Waals surface area contributed by atoms with E-state index >= 15 is 0 Å². The molecule has 0 radical (unpaired) electrons. The van der Waals surface area contributed by atoms with Crippen molar-refractivity contribution in [1.82, 2.24) is 0 Å². The highest BCUT2D eigenvalue weighted by Gasteiger charge is 2.31. The van der Waals surface area contributed by atoms with Gasteiger partial charge in [-0.1, -0.05) is 0 Å². The molecule has 2 atom stereocenters. The zero-order chi connectivity index (χ0) is 7.56. The Hall–Kier alpha value is -0.640. The monoisotopic (exact) mass is 148 g/mol. The minimum Gasteiger partial charge on any atom is -0.481 e. The van der Waals surface area contributed by atoms with E-state index in [0.29, 0.717) is 6.61 Å².